The van der Waals surface area contributed by atoms with E-state index in [2.05, 4.69) is 36.1 Å². The van der Waals surface area contributed by atoms with Crippen LogP contribution in [0.1, 0.15) is 32.6 Å². The van der Waals surface area contributed by atoms with Crippen LogP contribution in [0.25, 0.3) is 0 Å². The minimum Gasteiger partial charge on any atom is -0.347 e. The van der Waals surface area contributed by atoms with E-state index in [-0.39, 0.29) is 0 Å². The summed E-state index contributed by atoms with van der Waals surface area (Å²) in [5, 5.41) is 3.35. The summed E-state index contributed by atoms with van der Waals surface area (Å²) in [4.78, 5) is 7.22. The molecule has 3 heteroatoms. The highest BCUT2D eigenvalue weighted by molar-refractivity contribution is 4.93. The standard InChI is InChI=1S/C8H15N3/c1-6(2)11-7(3)8-9-4-5-10-8/h4-7,11H,1-3H3,(H,9,10). The summed E-state index contributed by atoms with van der Waals surface area (Å²) >= 11 is 0. The highest BCUT2D eigenvalue weighted by Crippen LogP contribution is 2.05. The van der Waals surface area contributed by atoms with E-state index in [9.17, 15) is 0 Å². The fraction of sp³-hybridized carbons (Fsp3) is 0.625. The lowest BCUT2D eigenvalue weighted by Gasteiger charge is -2.13. The molecule has 1 unspecified atom stereocenters. The second kappa shape index (κ2) is 3.53. The molecule has 1 atom stereocenters. The van der Waals surface area contributed by atoms with Crippen LogP contribution in [0.4, 0.5) is 0 Å². The summed E-state index contributed by atoms with van der Waals surface area (Å²) in [5.41, 5.74) is 0. The maximum Gasteiger partial charge on any atom is 0.122 e. The summed E-state index contributed by atoms with van der Waals surface area (Å²) in [5.74, 6) is 0.999. The van der Waals surface area contributed by atoms with Gasteiger partial charge in [-0.3, -0.25) is 0 Å². The van der Waals surface area contributed by atoms with Gasteiger partial charge in [0.25, 0.3) is 0 Å². The van der Waals surface area contributed by atoms with Gasteiger partial charge in [-0.25, -0.2) is 4.98 Å². The zero-order chi connectivity index (χ0) is 8.27. The van der Waals surface area contributed by atoms with Crippen molar-refractivity contribution >= 4 is 0 Å². The highest BCUT2D eigenvalue weighted by Gasteiger charge is 2.06. The van der Waals surface area contributed by atoms with Crippen LogP contribution in [-0.4, -0.2) is 16.0 Å². The van der Waals surface area contributed by atoms with Gasteiger partial charge >= 0.3 is 0 Å². The summed E-state index contributed by atoms with van der Waals surface area (Å²) in [6, 6.07) is 0.806. The molecular formula is C8H15N3. The molecule has 0 spiro atoms. The van der Waals surface area contributed by atoms with Crippen molar-refractivity contribution in [3.8, 4) is 0 Å². The van der Waals surface area contributed by atoms with E-state index in [1.54, 1.807) is 6.20 Å². The van der Waals surface area contributed by atoms with Crippen molar-refractivity contribution < 1.29 is 0 Å². The molecule has 0 radical (unpaired) electrons. The predicted molar refractivity (Wildman–Crippen MR) is 45.3 cm³/mol. The van der Waals surface area contributed by atoms with Gasteiger partial charge in [-0.2, -0.15) is 0 Å². The van der Waals surface area contributed by atoms with Crippen molar-refractivity contribution in [3.63, 3.8) is 0 Å². The number of H-pyrrole nitrogens is 1. The molecular weight excluding hydrogens is 138 g/mol. The minimum absolute atomic E-state index is 0.310. The topological polar surface area (TPSA) is 40.7 Å². The molecule has 1 aromatic heterocycles. The Labute approximate surface area is 67.2 Å². The van der Waals surface area contributed by atoms with Crippen LogP contribution in [0.15, 0.2) is 12.4 Å². The van der Waals surface area contributed by atoms with Crippen molar-refractivity contribution in [2.75, 3.05) is 0 Å². The molecule has 11 heavy (non-hydrogen) atoms. The average Bonchev–Trinajstić information content (AvgIpc) is 2.35. The van der Waals surface area contributed by atoms with Crippen molar-refractivity contribution in [2.24, 2.45) is 0 Å². The molecule has 0 amide bonds. The number of hydrogen-bond donors (Lipinski definition) is 2. The minimum atomic E-state index is 0.310. The van der Waals surface area contributed by atoms with Gasteiger partial charge in [-0.15, -0.1) is 0 Å². The molecule has 0 aliphatic rings. The number of nitrogens with one attached hydrogen (secondary N) is 2. The van der Waals surface area contributed by atoms with Gasteiger partial charge in [0.1, 0.15) is 5.82 Å². The molecule has 0 bridgehead atoms. The normalized spacial score (nSPS) is 13.8. The van der Waals surface area contributed by atoms with Gasteiger partial charge in [0, 0.05) is 18.4 Å². The van der Waals surface area contributed by atoms with E-state index < -0.39 is 0 Å². The molecule has 1 heterocycles. The van der Waals surface area contributed by atoms with Crippen molar-refractivity contribution in [3.05, 3.63) is 18.2 Å². The maximum atomic E-state index is 4.15. The number of nitrogens with zero attached hydrogens (tertiary/aromatic N) is 1. The van der Waals surface area contributed by atoms with Gasteiger partial charge in [-0.1, -0.05) is 13.8 Å². The molecule has 0 aliphatic carbocycles. The third-order valence-corrected chi connectivity index (χ3v) is 1.51. The number of hydrogen-bond acceptors (Lipinski definition) is 2. The average molecular weight is 153 g/mol. The second-order valence-corrected chi connectivity index (χ2v) is 3.02. The lowest BCUT2D eigenvalue weighted by molar-refractivity contribution is 0.490. The summed E-state index contributed by atoms with van der Waals surface area (Å²) < 4.78 is 0. The first-order valence-electron chi connectivity index (χ1n) is 3.95. The largest absolute Gasteiger partial charge is 0.347 e. The van der Waals surface area contributed by atoms with Gasteiger partial charge < -0.3 is 10.3 Å². The van der Waals surface area contributed by atoms with E-state index in [0.29, 0.717) is 12.1 Å². The van der Waals surface area contributed by atoms with Crippen molar-refractivity contribution in [1.29, 1.82) is 0 Å². The fourth-order valence-electron chi connectivity index (χ4n) is 1.09. The van der Waals surface area contributed by atoms with Gasteiger partial charge in [0.2, 0.25) is 0 Å². The van der Waals surface area contributed by atoms with Gasteiger partial charge in [0.05, 0.1) is 6.04 Å². The third-order valence-electron chi connectivity index (χ3n) is 1.51. The lowest BCUT2D eigenvalue weighted by atomic mass is 10.3. The van der Waals surface area contributed by atoms with Crippen molar-refractivity contribution in [1.82, 2.24) is 15.3 Å². The molecule has 62 valence electrons. The van der Waals surface area contributed by atoms with Crippen LogP contribution in [0.2, 0.25) is 0 Å². The first kappa shape index (κ1) is 8.27. The van der Waals surface area contributed by atoms with Crippen LogP contribution < -0.4 is 5.32 Å². The smallest absolute Gasteiger partial charge is 0.122 e. The van der Waals surface area contributed by atoms with Crippen LogP contribution >= 0.6 is 0 Å². The molecule has 0 aromatic carbocycles. The van der Waals surface area contributed by atoms with Crippen molar-refractivity contribution in [2.45, 2.75) is 32.9 Å². The molecule has 1 rings (SSSR count). The number of imidazole rings is 1. The van der Waals surface area contributed by atoms with E-state index in [4.69, 9.17) is 0 Å². The van der Waals surface area contributed by atoms with Gasteiger partial charge in [0.15, 0.2) is 0 Å². The fourth-order valence-corrected chi connectivity index (χ4v) is 1.09. The van der Waals surface area contributed by atoms with Crippen LogP contribution in [0.5, 0.6) is 0 Å². The maximum absolute atomic E-state index is 4.15. The molecule has 1 aromatic rings. The summed E-state index contributed by atoms with van der Waals surface area (Å²) in [6.45, 7) is 6.34. The van der Waals surface area contributed by atoms with Crippen LogP contribution in [-0.2, 0) is 0 Å². The Morgan fingerprint density at radius 2 is 2.18 bits per heavy atom. The first-order valence-corrected chi connectivity index (χ1v) is 3.95. The molecule has 2 N–H and O–H groups in total. The predicted octanol–water partition coefficient (Wildman–Crippen LogP) is 1.47. The Morgan fingerprint density at radius 3 is 2.64 bits per heavy atom. The molecule has 3 nitrogen and oxygen atoms in total. The Balaban J connectivity index is 2.49. The monoisotopic (exact) mass is 153 g/mol. The van der Waals surface area contributed by atoms with E-state index in [1.807, 2.05) is 6.20 Å². The lowest BCUT2D eigenvalue weighted by Crippen LogP contribution is -2.26. The van der Waals surface area contributed by atoms with Gasteiger partial charge in [-0.05, 0) is 6.92 Å². The molecule has 0 saturated carbocycles. The number of aromatic nitrogens is 2. The van der Waals surface area contributed by atoms with E-state index in [0.717, 1.165) is 5.82 Å². The first-order chi connectivity index (χ1) is 5.20. The quantitative estimate of drug-likeness (QED) is 0.690. The summed E-state index contributed by atoms with van der Waals surface area (Å²) in [6.07, 6.45) is 3.61. The zero-order valence-electron chi connectivity index (χ0n) is 7.26. The Morgan fingerprint density at radius 1 is 1.45 bits per heavy atom. The third kappa shape index (κ3) is 2.35. The number of rotatable bonds is 3. The Hall–Kier alpha value is -0.830. The Bertz CT molecular complexity index is 191. The zero-order valence-corrected chi connectivity index (χ0v) is 7.26. The Kier molecular flexibility index (Phi) is 2.65. The highest BCUT2D eigenvalue weighted by atomic mass is 15.0. The molecule has 0 aliphatic heterocycles. The SMILES string of the molecule is CC(C)NC(C)c1ncc[nH]1. The summed E-state index contributed by atoms with van der Waals surface area (Å²) in [7, 11) is 0. The number of aromatic amines is 1. The van der Waals surface area contributed by atoms with E-state index in [1.165, 1.54) is 0 Å². The second-order valence-electron chi connectivity index (χ2n) is 3.02. The van der Waals surface area contributed by atoms with E-state index >= 15 is 0 Å². The molecule has 0 saturated heterocycles. The van der Waals surface area contributed by atoms with Crippen LogP contribution in [0, 0.1) is 0 Å². The molecule has 0 fully saturated rings. The van der Waals surface area contributed by atoms with Crippen LogP contribution in [0.3, 0.4) is 0 Å².